The number of hydrogen-bond donors (Lipinski definition) is 2. The predicted octanol–water partition coefficient (Wildman–Crippen LogP) is 3.59. The molecule has 0 atom stereocenters. The summed E-state index contributed by atoms with van der Waals surface area (Å²) in [6.45, 7) is 1.59. The molecule has 0 aliphatic carbocycles. The summed E-state index contributed by atoms with van der Waals surface area (Å²) in [6, 6.07) is 14.9. The summed E-state index contributed by atoms with van der Waals surface area (Å²) in [5.74, 6) is -1.44. The fourth-order valence-electron chi connectivity index (χ4n) is 3.33. The van der Waals surface area contributed by atoms with Crippen LogP contribution in [-0.4, -0.2) is 33.7 Å². The van der Waals surface area contributed by atoms with E-state index in [1.165, 1.54) is 54.4 Å². The van der Waals surface area contributed by atoms with Crippen LogP contribution >= 0.6 is 0 Å². The number of nitrogens with one attached hydrogen (secondary N) is 2. The van der Waals surface area contributed by atoms with Gasteiger partial charge in [0.15, 0.2) is 5.69 Å². The highest BCUT2D eigenvalue weighted by Gasteiger charge is 2.18. The Hall–Kier alpha value is -4.86. The maximum absolute atomic E-state index is 14.3. The average Bonchev–Trinajstić information content (AvgIpc) is 2.86. The molecule has 2 aromatic heterocycles. The van der Waals surface area contributed by atoms with Crippen LogP contribution in [0.25, 0.3) is 5.69 Å². The van der Waals surface area contributed by atoms with Gasteiger partial charge in [0.2, 0.25) is 5.43 Å². The summed E-state index contributed by atoms with van der Waals surface area (Å²) in [7, 11) is 1.41. The summed E-state index contributed by atoms with van der Waals surface area (Å²) < 4.78 is 20.8. The molecule has 9 nitrogen and oxygen atoms in total. The number of anilines is 2. The van der Waals surface area contributed by atoms with Gasteiger partial charge in [-0.3, -0.25) is 19.4 Å². The number of aromatic nitrogens is 3. The summed E-state index contributed by atoms with van der Waals surface area (Å²) >= 11 is 0. The molecule has 0 aliphatic rings. The van der Waals surface area contributed by atoms with E-state index in [1.54, 1.807) is 37.4 Å². The van der Waals surface area contributed by atoms with Crippen molar-refractivity contribution < 1.29 is 18.7 Å². The first kappa shape index (κ1) is 23.3. The number of rotatable bonds is 6. The highest BCUT2D eigenvalue weighted by Crippen LogP contribution is 2.28. The van der Waals surface area contributed by atoms with E-state index >= 15 is 0 Å². The van der Waals surface area contributed by atoms with Crippen molar-refractivity contribution in [1.82, 2.24) is 14.8 Å². The molecule has 4 aromatic rings. The molecular weight excluding hydrogens is 453 g/mol. The Bertz CT molecular complexity index is 1470. The Kier molecular flexibility index (Phi) is 6.63. The minimum absolute atomic E-state index is 0.106. The van der Waals surface area contributed by atoms with Gasteiger partial charge in [0.05, 0.1) is 18.4 Å². The third kappa shape index (κ3) is 5.06. The lowest BCUT2D eigenvalue weighted by atomic mass is 10.2. The minimum Gasteiger partial charge on any atom is -0.494 e. The fraction of sp³-hybridized carbons (Fsp3) is 0.0800. The molecule has 2 N–H and O–H groups in total. The number of halogens is 1. The standard InChI is InChI=1S/C25H20FN5O4/c1-15-12-21(32)23(30-31(15)20-8-4-3-7-18(20)26)25(34)28-17-9-10-19(22(13-17)35-2)29-24(33)16-6-5-11-27-14-16/h3-14H,1-2H3,(H,28,34)(H,29,33). The second-order valence-electron chi connectivity index (χ2n) is 7.43. The van der Waals surface area contributed by atoms with Gasteiger partial charge in [0.1, 0.15) is 17.3 Å². The molecule has 0 saturated heterocycles. The Morgan fingerprint density at radius 1 is 1.00 bits per heavy atom. The van der Waals surface area contributed by atoms with Crippen LogP contribution in [0, 0.1) is 12.7 Å². The van der Waals surface area contributed by atoms with E-state index < -0.39 is 22.8 Å². The average molecular weight is 473 g/mol. The molecule has 4 rings (SSSR count). The Balaban J connectivity index is 1.58. The van der Waals surface area contributed by atoms with Crippen molar-refractivity contribution >= 4 is 23.2 Å². The van der Waals surface area contributed by atoms with E-state index in [0.717, 1.165) is 0 Å². The molecule has 2 aromatic carbocycles. The number of ether oxygens (including phenoxy) is 1. The van der Waals surface area contributed by atoms with Gasteiger partial charge >= 0.3 is 0 Å². The molecule has 0 bridgehead atoms. The maximum Gasteiger partial charge on any atom is 0.280 e. The zero-order valence-corrected chi connectivity index (χ0v) is 18.8. The van der Waals surface area contributed by atoms with Crippen molar-refractivity contribution in [3.63, 3.8) is 0 Å². The summed E-state index contributed by atoms with van der Waals surface area (Å²) in [4.78, 5) is 41.7. The molecule has 10 heteroatoms. The van der Waals surface area contributed by atoms with Gasteiger partial charge < -0.3 is 15.4 Å². The van der Waals surface area contributed by atoms with E-state index in [2.05, 4.69) is 20.7 Å². The highest BCUT2D eigenvalue weighted by molar-refractivity contribution is 6.06. The number of aryl methyl sites for hydroxylation is 1. The molecule has 0 saturated carbocycles. The molecular formula is C25H20FN5O4. The Morgan fingerprint density at radius 3 is 2.51 bits per heavy atom. The quantitative estimate of drug-likeness (QED) is 0.442. The Morgan fingerprint density at radius 2 is 1.80 bits per heavy atom. The monoisotopic (exact) mass is 473 g/mol. The molecule has 0 aliphatic heterocycles. The first-order valence-electron chi connectivity index (χ1n) is 10.4. The first-order valence-corrected chi connectivity index (χ1v) is 10.4. The van der Waals surface area contributed by atoms with Crippen LogP contribution in [-0.2, 0) is 0 Å². The molecule has 0 spiro atoms. The lowest BCUT2D eigenvalue weighted by molar-refractivity contribution is 0.101. The Labute approximate surface area is 199 Å². The van der Waals surface area contributed by atoms with E-state index in [4.69, 9.17) is 4.74 Å². The van der Waals surface area contributed by atoms with Crippen LogP contribution in [0.15, 0.2) is 77.9 Å². The van der Waals surface area contributed by atoms with Crippen LogP contribution in [0.3, 0.4) is 0 Å². The lowest BCUT2D eigenvalue weighted by Gasteiger charge is -2.14. The minimum atomic E-state index is -0.783. The number of carbonyl (C=O) groups excluding carboxylic acids is 2. The third-order valence-electron chi connectivity index (χ3n) is 5.03. The van der Waals surface area contributed by atoms with Gasteiger partial charge in [-0.1, -0.05) is 12.1 Å². The van der Waals surface area contributed by atoms with E-state index in [9.17, 15) is 18.8 Å². The van der Waals surface area contributed by atoms with Crippen molar-refractivity contribution in [2.45, 2.75) is 6.92 Å². The molecule has 0 fully saturated rings. The van der Waals surface area contributed by atoms with Crippen LogP contribution < -0.4 is 20.8 Å². The smallest absolute Gasteiger partial charge is 0.280 e. The number of methoxy groups -OCH3 is 1. The van der Waals surface area contributed by atoms with Crippen LogP contribution in [0.5, 0.6) is 5.75 Å². The van der Waals surface area contributed by atoms with Gasteiger partial charge in [-0.25, -0.2) is 9.07 Å². The van der Waals surface area contributed by atoms with Crippen molar-refractivity contribution in [1.29, 1.82) is 0 Å². The molecule has 2 amide bonds. The van der Waals surface area contributed by atoms with Gasteiger partial charge in [-0.2, -0.15) is 5.10 Å². The van der Waals surface area contributed by atoms with E-state index in [1.807, 2.05) is 0 Å². The number of para-hydroxylation sites is 1. The first-order chi connectivity index (χ1) is 16.9. The number of nitrogens with zero attached hydrogens (tertiary/aromatic N) is 3. The van der Waals surface area contributed by atoms with E-state index in [0.29, 0.717) is 22.6 Å². The number of hydrogen-bond acceptors (Lipinski definition) is 6. The topological polar surface area (TPSA) is 115 Å². The van der Waals surface area contributed by atoms with Gasteiger partial charge in [-0.05, 0) is 43.3 Å². The molecule has 0 radical (unpaired) electrons. The SMILES string of the molecule is COc1cc(NC(=O)c2nn(-c3ccccc3F)c(C)cc2=O)ccc1NC(=O)c1cccnc1. The zero-order valence-electron chi connectivity index (χ0n) is 18.8. The van der Waals surface area contributed by atoms with Gasteiger partial charge in [0.25, 0.3) is 11.8 Å². The van der Waals surface area contributed by atoms with Gasteiger partial charge in [0, 0.05) is 35.9 Å². The number of carbonyl (C=O) groups is 2. The number of pyridine rings is 1. The number of benzene rings is 2. The zero-order chi connectivity index (χ0) is 24.9. The van der Waals surface area contributed by atoms with E-state index in [-0.39, 0.29) is 17.3 Å². The highest BCUT2D eigenvalue weighted by atomic mass is 19.1. The normalized spacial score (nSPS) is 10.5. The van der Waals surface area contributed by atoms with Crippen molar-refractivity contribution in [3.05, 3.63) is 106 Å². The summed E-state index contributed by atoms with van der Waals surface area (Å²) in [5.41, 5.74) is 0.483. The predicted molar refractivity (Wildman–Crippen MR) is 128 cm³/mol. The summed E-state index contributed by atoms with van der Waals surface area (Å²) in [5, 5.41) is 9.40. The van der Waals surface area contributed by atoms with Crippen molar-refractivity contribution in [3.8, 4) is 11.4 Å². The molecule has 176 valence electrons. The third-order valence-corrected chi connectivity index (χ3v) is 5.03. The summed E-state index contributed by atoms with van der Waals surface area (Å²) in [6.07, 6.45) is 2.99. The number of amides is 2. The van der Waals surface area contributed by atoms with Crippen molar-refractivity contribution in [2.75, 3.05) is 17.7 Å². The van der Waals surface area contributed by atoms with Crippen molar-refractivity contribution in [2.24, 2.45) is 0 Å². The second-order valence-corrected chi connectivity index (χ2v) is 7.43. The fourth-order valence-corrected chi connectivity index (χ4v) is 3.33. The molecule has 2 heterocycles. The lowest BCUT2D eigenvalue weighted by Crippen LogP contribution is -2.27. The molecule has 0 unspecified atom stereocenters. The van der Waals surface area contributed by atoms with Crippen LogP contribution in [0.4, 0.5) is 15.8 Å². The van der Waals surface area contributed by atoms with Crippen LogP contribution in [0.2, 0.25) is 0 Å². The second kappa shape index (κ2) is 9.96. The largest absolute Gasteiger partial charge is 0.494 e. The van der Waals surface area contributed by atoms with Crippen LogP contribution in [0.1, 0.15) is 26.5 Å². The maximum atomic E-state index is 14.3. The van der Waals surface area contributed by atoms with Gasteiger partial charge in [-0.15, -0.1) is 0 Å². The molecule has 35 heavy (non-hydrogen) atoms.